The van der Waals surface area contributed by atoms with Gasteiger partial charge in [-0.25, -0.2) is 0 Å². The highest BCUT2D eigenvalue weighted by Gasteiger charge is 2.31. The summed E-state index contributed by atoms with van der Waals surface area (Å²) >= 11 is 0. The van der Waals surface area contributed by atoms with E-state index in [-0.39, 0.29) is 18.3 Å². The molecular formula is C61H70O6. The minimum absolute atomic E-state index is 0.0460. The summed E-state index contributed by atoms with van der Waals surface area (Å²) in [6.45, 7) is 16.6. The van der Waals surface area contributed by atoms with E-state index in [0.717, 1.165) is 72.5 Å². The Kier molecular flexibility index (Phi) is 16.8. The fraction of sp³-hybridized carbons (Fsp3) is 0.377. The molecule has 0 bridgehead atoms. The number of Topliss-reactive ketones (excluding diaryl/α,β-unsaturated/α-hetero) is 1. The van der Waals surface area contributed by atoms with Gasteiger partial charge in [-0.3, -0.25) is 9.59 Å². The first-order chi connectivity index (χ1) is 32.4. The van der Waals surface area contributed by atoms with Crippen LogP contribution in [0.2, 0.25) is 0 Å². The normalized spacial score (nSPS) is 17.2. The maximum atomic E-state index is 12.1. The van der Waals surface area contributed by atoms with Crippen molar-refractivity contribution in [3.8, 4) is 39.5 Å². The molecule has 0 fully saturated rings. The first-order valence-electron chi connectivity index (χ1n) is 24.6. The highest BCUT2D eigenvalue weighted by molar-refractivity contribution is 5.79. The molecule has 0 saturated carbocycles. The van der Waals surface area contributed by atoms with Crippen molar-refractivity contribution in [1.82, 2.24) is 0 Å². The average Bonchev–Trinajstić information content (AvgIpc) is 3.33. The van der Waals surface area contributed by atoms with Gasteiger partial charge >= 0.3 is 5.97 Å². The number of rotatable bonds is 17. The van der Waals surface area contributed by atoms with Gasteiger partial charge < -0.3 is 19.3 Å². The lowest BCUT2D eigenvalue weighted by atomic mass is 9.73. The minimum atomic E-state index is -0.788. The summed E-state index contributed by atoms with van der Waals surface area (Å²) in [5, 5.41) is 9.27. The summed E-state index contributed by atoms with van der Waals surface area (Å²) in [5.41, 5.74) is 16.4. The number of aryl methyl sites for hydroxylation is 6. The van der Waals surface area contributed by atoms with E-state index >= 15 is 0 Å². The molecule has 4 atom stereocenters. The second-order valence-electron chi connectivity index (χ2n) is 19.1. The molecule has 1 aliphatic heterocycles. The van der Waals surface area contributed by atoms with E-state index in [0.29, 0.717) is 49.4 Å². The van der Waals surface area contributed by atoms with Gasteiger partial charge in [-0.2, -0.15) is 0 Å². The van der Waals surface area contributed by atoms with Gasteiger partial charge in [0, 0.05) is 30.4 Å². The van der Waals surface area contributed by atoms with Crippen molar-refractivity contribution >= 4 is 11.8 Å². The second kappa shape index (κ2) is 23.0. The molecule has 1 N–H and O–H groups in total. The van der Waals surface area contributed by atoms with Crippen LogP contribution in [0.15, 0.2) is 121 Å². The Morgan fingerprint density at radius 3 is 2.01 bits per heavy atom. The van der Waals surface area contributed by atoms with Gasteiger partial charge in [-0.05, 0) is 144 Å². The fourth-order valence-corrected chi connectivity index (χ4v) is 9.62. The number of carboxylic acid groups (broad SMARTS) is 1. The van der Waals surface area contributed by atoms with E-state index in [9.17, 15) is 14.7 Å². The number of unbranched alkanes of at least 4 members (excludes halogenated alkanes) is 1. The molecule has 2 aliphatic rings. The SMILES string of the molecule is CCC(=O)CC1c2ccc(CCc3ccc(-c4cc(C)ccc4C)cc3)cc2CCC1C.CCCCOc1ccc(C)cc1-c1ccc(COc2ccc3c(c2)OCC(C)C3CC(=O)O)cc1. The van der Waals surface area contributed by atoms with Gasteiger partial charge in [0.25, 0.3) is 0 Å². The third-order valence-electron chi connectivity index (χ3n) is 13.9. The minimum Gasteiger partial charge on any atom is -0.493 e. The first-order valence-corrected chi connectivity index (χ1v) is 24.6. The van der Waals surface area contributed by atoms with Crippen LogP contribution in [0.4, 0.5) is 0 Å². The zero-order valence-electron chi connectivity index (χ0n) is 40.8. The Labute approximate surface area is 399 Å². The van der Waals surface area contributed by atoms with Crippen molar-refractivity contribution in [2.75, 3.05) is 13.2 Å². The number of ether oxygens (including phenoxy) is 3. The molecule has 350 valence electrons. The van der Waals surface area contributed by atoms with Crippen molar-refractivity contribution in [2.45, 2.75) is 125 Å². The molecule has 1 aliphatic carbocycles. The summed E-state index contributed by atoms with van der Waals surface area (Å²) < 4.78 is 17.9. The number of carbonyl (C=O) groups excluding carboxylic acids is 1. The summed E-state index contributed by atoms with van der Waals surface area (Å²) in [6.07, 6.45) is 8.06. The second-order valence-corrected chi connectivity index (χ2v) is 19.1. The van der Waals surface area contributed by atoms with Crippen LogP contribution in [0, 0.1) is 32.6 Å². The molecular weight excluding hydrogens is 829 g/mol. The first kappa shape index (κ1) is 48.8. The molecule has 67 heavy (non-hydrogen) atoms. The number of hydrogen-bond acceptors (Lipinski definition) is 5. The molecule has 0 amide bonds. The molecule has 4 unspecified atom stereocenters. The van der Waals surface area contributed by atoms with Crippen LogP contribution in [-0.2, 0) is 35.5 Å². The van der Waals surface area contributed by atoms with E-state index < -0.39 is 5.97 Å². The Bertz CT molecular complexity index is 2610. The molecule has 0 radical (unpaired) electrons. The van der Waals surface area contributed by atoms with Crippen molar-refractivity contribution in [3.63, 3.8) is 0 Å². The zero-order chi connectivity index (χ0) is 47.5. The summed E-state index contributed by atoms with van der Waals surface area (Å²) in [5.74, 6) is 3.06. The van der Waals surface area contributed by atoms with Crippen molar-refractivity contribution in [2.24, 2.45) is 11.8 Å². The van der Waals surface area contributed by atoms with Gasteiger partial charge in [-0.1, -0.05) is 142 Å². The molecule has 6 nitrogen and oxygen atoms in total. The van der Waals surface area contributed by atoms with Crippen molar-refractivity contribution < 1.29 is 28.9 Å². The predicted octanol–water partition coefficient (Wildman–Crippen LogP) is 14.8. The van der Waals surface area contributed by atoms with Crippen LogP contribution in [0.25, 0.3) is 22.3 Å². The van der Waals surface area contributed by atoms with Crippen LogP contribution in [0.1, 0.15) is 128 Å². The number of aliphatic carboxylic acids is 1. The molecule has 6 heteroatoms. The number of benzene rings is 6. The quantitative estimate of drug-likeness (QED) is 0.0919. The maximum Gasteiger partial charge on any atom is 0.303 e. The number of ketones is 1. The molecule has 1 heterocycles. The highest BCUT2D eigenvalue weighted by Crippen LogP contribution is 2.42. The van der Waals surface area contributed by atoms with Gasteiger partial charge in [0.1, 0.15) is 29.6 Å². The van der Waals surface area contributed by atoms with E-state index in [4.69, 9.17) is 14.2 Å². The molecule has 0 saturated heterocycles. The lowest BCUT2D eigenvalue weighted by Gasteiger charge is -2.31. The zero-order valence-corrected chi connectivity index (χ0v) is 40.8. The third-order valence-corrected chi connectivity index (χ3v) is 13.9. The van der Waals surface area contributed by atoms with Gasteiger partial charge in [0.05, 0.1) is 19.6 Å². The van der Waals surface area contributed by atoms with Gasteiger partial charge in [0.15, 0.2) is 0 Å². The summed E-state index contributed by atoms with van der Waals surface area (Å²) in [4.78, 5) is 23.4. The van der Waals surface area contributed by atoms with Gasteiger partial charge in [-0.15, -0.1) is 0 Å². The average molecular weight is 899 g/mol. The number of hydrogen-bond donors (Lipinski definition) is 1. The van der Waals surface area contributed by atoms with Crippen LogP contribution < -0.4 is 14.2 Å². The smallest absolute Gasteiger partial charge is 0.303 e. The van der Waals surface area contributed by atoms with Crippen LogP contribution in [0.5, 0.6) is 17.2 Å². The number of carbonyl (C=O) groups is 2. The lowest BCUT2D eigenvalue weighted by molar-refractivity contribution is -0.138. The van der Waals surface area contributed by atoms with E-state index in [1.807, 2.05) is 32.0 Å². The fourth-order valence-electron chi connectivity index (χ4n) is 9.62. The molecule has 6 aromatic rings. The molecule has 8 rings (SSSR count). The van der Waals surface area contributed by atoms with Crippen molar-refractivity contribution in [1.29, 1.82) is 0 Å². The monoisotopic (exact) mass is 899 g/mol. The van der Waals surface area contributed by atoms with Crippen molar-refractivity contribution in [3.05, 3.63) is 171 Å². The topological polar surface area (TPSA) is 82.1 Å². The number of carboxylic acids is 1. The number of fused-ring (bicyclic) bond motifs is 2. The molecule has 0 aromatic heterocycles. The molecule has 0 spiro atoms. The lowest BCUT2D eigenvalue weighted by Crippen LogP contribution is -2.25. The third kappa shape index (κ3) is 12.9. The largest absolute Gasteiger partial charge is 0.493 e. The molecule has 6 aromatic carbocycles. The van der Waals surface area contributed by atoms with E-state index in [1.165, 1.54) is 56.5 Å². The van der Waals surface area contributed by atoms with Gasteiger partial charge in [0.2, 0.25) is 0 Å². The Morgan fingerprint density at radius 1 is 0.657 bits per heavy atom. The Balaban J connectivity index is 0.000000200. The Morgan fingerprint density at radius 2 is 1.30 bits per heavy atom. The Hall–Kier alpha value is -6.14. The predicted molar refractivity (Wildman–Crippen MR) is 273 cm³/mol. The van der Waals surface area contributed by atoms with Crippen LogP contribution in [-0.4, -0.2) is 30.1 Å². The van der Waals surface area contributed by atoms with Crippen LogP contribution in [0.3, 0.4) is 0 Å². The maximum absolute atomic E-state index is 12.1. The summed E-state index contributed by atoms with van der Waals surface area (Å²) in [6, 6.07) is 43.2. The highest BCUT2D eigenvalue weighted by atomic mass is 16.5. The van der Waals surface area contributed by atoms with Crippen LogP contribution >= 0.6 is 0 Å². The standard InChI is InChI=1S/C31H36O.C30H34O5/c1-5-28(32)20-31-23(4)8-14-27-19-25(13-17-29(27)31)10-9-24-11-15-26(16-12-24)30-18-21(2)6-7-22(30)3;1-4-5-14-33-28-13-6-20(2)15-27(28)23-9-7-22(8-10-23)19-34-24-11-12-25-26(17-30(31)32)21(3)18-35-29(25)16-24/h6-7,11-13,15-19,23,31H,5,8-10,14,20H2,1-4H3;6-13,15-16,21,26H,4-5,14,17-19H2,1-3H3,(H,31,32). The summed E-state index contributed by atoms with van der Waals surface area (Å²) in [7, 11) is 0. The van der Waals surface area contributed by atoms with E-state index in [2.05, 4.69) is 138 Å². The van der Waals surface area contributed by atoms with E-state index in [1.54, 1.807) is 0 Å².